The van der Waals surface area contributed by atoms with E-state index >= 15 is 0 Å². The summed E-state index contributed by atoms with van der Waals surface area (Å²) in [4.78, 5) is 14.0. The molecule has 1 aliphatic heterocycles. The Labute approximate surface area is 88.3 Å². The van der Waals surface area contributed by atoms with Crippen LogP contribution in [0.15, 0.2) is 18.2 Å². The molecule has 1 aliphatic carbocycles. The van der Waals surface area contributed by atoms with Crippen LogP contribution in [-0.4, -0.2) is 28.4 Å². The first-order valence-corrected chi connectivity index (χ1v) is 5.33. The molecule has 3 heteroatoms. The van der Waals surface area contributed by atoms with E-state index in [1.54, 1.807) is 18.2 Å². The zero-order chi connectivity index (χ0) is 10.4. The molecule has 0 amide bonds. The summed E-state index contributed by atoms with van der Waals surface area (Å²) in [6.07, 6.45) is 2.42. The standard InChI is InChI=1S/C12H13NO2/c14-10-3-4-11-8(5-10)6-13(7-12(11)15)9-1-2-9/h3-5,9,14H,1-2,6-7H2. The minimum Gasteiger partial charge on any atom is -0.508 e. The van der Waals surface area contributed by atoms with Crippen molar-refractivity contribution in [3.63, 3.8) is 0 Å². The highest BCUT2D eigenvalue weighted by Crippen LogP contribution is 2.32. The molecule has 1 aromatic carbocycles. The second-order valence-corrected chi connectivity index (χ2v) is 4.40. The molecule has 0 radical (unpaired) electrons. The second-order valence-electron chi connectivity index (χ2n) is 4.40. The zero-order valence-electron chi connectivity index (χ0n) is 8.44. The number of hydrogen-bond acceptors (Lipinski definition) is 3. The van der Waals surface area contributed by atoms with Crippen LogP contribution in [0.4, 0.5) is 0 Å². The number of fused-ring (bicyclic) bond motifs is 1. The van der Waals surface area contributed by atoms with Gasteiger partial charge in [0, 0.05) is 18.2 Å². The van der Waals surface area contributed by atoms with Gasteiger partial charge in [-0.05, 0) is 36.6 Å². The largest absolute Gasteiger partial charge is 0.508 e. The van der Waals surface area contributed by atoms with Gasteiger partial charge in [0.25, 0.3) is 0 Å². The highest BCUT2D eigenvalue weighted by Gasteiger charge is 2.34. The number of rotatable bonds is 1. The minimum absolute atomic E-state index is 0.183. The Morgan fingerprint density at radius 1 is 1.27 bits per heavy atom. The summed E-state index contributed by atoms with van der Waals surface area (Å²) in [5.74, 6) is 0.433. The van der Waals surface area contributed by atoms with E-state index in [0.29, 0.717) is 12.6 Å². The molecule has 2 aliphatic rings. The first-order valence-electron chi connectivity index (χ1n) is 5.33. The lowest BCUT2D eigenvalue weighted by molar-refractivity contribution is 0.0893. The zero-order valence-corrected chi connectivity index (χ0v) is 8.44. The first kappa shape index (κ1) is 8.92. The molecular weight excluding hydrogens is 190 g/mol. The lowest BCUT2D eigenvalue weighted by Gasteiger charge is -2.27. The first-order chi connectivity index (χ1) is 7.24. The summed E-state index contributed by atoms with van der Waals surface area (Å²) in [7, 11) is 0. The molecule has 78 valence electrons. The van der Waals surface area contributed by atoms with Gasteiger partial charge in [-0.1, -0.05) is 0 Å². The van der Waals surface area contributed by atoms with Crippen molar-refractivity contribution >= 4 is 5.78 Å². The third-order valence-electron chi connectivity index (χ3n) is 3.17. The van der Waals surface area contributed by atoms with Crippen molar-refractivity contribution in [1.82, 2.24) is 4.90 Å². The van der Waals surface area contributed by atoms with Gasteiger partial charge in [0.2, 0.25) is 0 Å². The predicted octanol–water partition coefficient (Wildman–Crippen LogP) is 1.55. The molecule has 1 heterocycles. The molecular formula is C12H13NO2. The number of aromatic hydroxyl groups is 1. The van der Waals surface area contributed by atoms with E-state index < -0.39 is 0 Å². The number of phenolic OH excluding ortho intramolecular Hbond substituents is 1. The molecule has 1 N–H and O–H groups in total. The average Bonchev–Trinajstić information content (AvgIpc) is 2.99. The number of ketones is 1. The van der Waals surface area contributed by atoms with E-state index in [2.05, 4.69) is 4.90 Å². The molecule has 1 fully saturated rings. The lowest BCUT2D eigenvalue weighted by atomic mass is 9.98. The number of carbonyl (C=O) groups excluding carboxylic acids is 1. The minimum atomic E-state index is 0.183. The summed E-state index contributed by atoms with van der Waals surface area (Å²) in [6, 6.07) is 5.63. The maximum atomic E-state index is 11.8. The van der Waals surface area contributed by atoms with Crippen LogP contribution in [0, 0.1) is 0 Å². The second kappa shape index (κ2) is 3.07. The molecule has 15 heavy (non-hydrogen) atoms. The predicted molar refractivity (Wildman–Crippen MR) is 55.9 cm³/mol. The molecule has 0 saturated heterocycles. The lowest BCUT2D eigenvalue weighted by Crippen LogP contribution is -2.36. The van der Waals surface area contributed by atoms with E-state index in [9.17, 15) is 9.90 Å². The maximum absolute atomic E-state index is 11.8. The number of benzene rings is 1. The Morgan fingerprint density at radius 2 is 2.07 bits per heavy atom. The average molecular weight is 203 g/mol. The maximum Gasteiger partial charge on any atom is 0.177 e. The summed E-state index contributed by atoms with van der Waals surface area (Å²) in [5, 5.41) is 9.39. The van der Waals surface area contributed by atoms with Crippen molar-refractivity contribution in [1.29, 1.82) is 0 Å². The van der Waals surface area contributed by atoms with Gasteiger partial charge in [-0.2, -0.15) is 0 Å². The van der Waals surface area contributed by atoms with Crippen LogP contribution < -0.4 is 0 Å². The number of nitrogens with zero attached hydrogens (tertiary/aromatic N) is 1. The number of Topliss-reactive ketones (excluding diaryl/α,β-unsaturated/α-hetero) is 1. The van der Waals surface area contributed by atoms with Crippen LogP contribution in [-0.2, 0) is 6.54 Å². The van der Waals surface area contributed by atoms with Crippen LogP contribution in [0.2, 0.25) is 0 Å². The molecule has 1 saturated carbocycles. The van der Waals surface area contributed by atoms with Crippen LogP contribution in [0.3, 0.4) is 0 Å². The fourth-order valence-corrected chi connectivity index (χ4v) is 2.23. The van der Waals surface area contributed by atoms with E-state index in [-0.39, 0.29) is 11.5 Å². The normalized spacial score (nSPS) is 21.5. The molecule has 0 unspecified atom stereocenters. The van der Waals surface area contributed by atoms with Crippen molar-refractivity contribution in [2.75, 3.05) is 6.54 Å². The van der Waals surface area contributed by atoms with Gasteiger partial charge >= 0.3 is 0 Å². The fourth-order valence-electron chi connectivity index (χ4n) is 2.23. The topological polar surface area (TPSA) is 40.5 Å². The number of carbonyl (C=O) groups is 1. The van der Waals surface area contributed by atoms with E-state index in [1.807, 2.05) is 0 Å². The van der Waals surface area contributed by atoms with Crippen molar-refractivity contribution < 1.29 is 9.90 Å². The van der Waals surface area contributed by atoms with Gasteiger partial charge in [-0.25, -0.2) is 0 Å². The fraction of sp³-hybridized carbons (Fsp3) is 0.417. The molecule has 3 nitrogen and oxygen atoms in total. The van der Waals surface area contributed by atoms with Crippen molar-refractivity contribution in [2.24, 2.45) is 0 Å². The van der Waals surface area contributed by atoms with Gasteiger partial charge in [0.1, 0.15) is 5.75 Å². The summed E-state index contributed by atoms with van der Waals surface area (Å²) in [5.41, 5.74) is 1.75. The highest BCUT2D eigenvalue weighted by molar-refractivity contribution is 6.00. The summed E-state index contributed by atoms with van der Waals surface area (Å²) < 4.78 is 0. The quantitative estimate of drug-likeness (QED) is 0.752. The van der Waals surface area contributed by atoms with Crippen molar-refractivity contribution in [3.05, 3.63) is 29.3 Å². The molecule has 3 rings (SSSR count). The van der Waals surface area contributed by atoms with Crippen molar-refractivity contribution in [3.8, 4) is 5.75 Å². The third kappa shape index (κ3) is 1.53. The third-order valence-corrected chi connectivity index (χ3v) is 3.17. The Morgan fingerprint density at radius 3 is 2.80 bits per heavy atom. The highest BCUT2D eigenvalue weighted by atomic mass is 16.3. The van der Waals surface area contributed by atoms with Crippen molar-refractivity contribution in [2.45, 2.75) is 25.4 Å². The molecule has 0 aromatic heterocycles. The van der Waals surface area contributed by atoms with E-state index in [1.165, 1.54) is 12.8 Å². The van der Waals surface area contributed by atoms with Crippen LogP contribution in [0.5, 0.6) is 5.75 Å². The molecule has 0 bridgehead atoms. The van der Waals surface area contributed by atoms with Crippen LogP contribution in [0.25, 0.3) is 0 Å². The number of phenols is 1. The Hall–Kier alpha value is -1.35. The number of hydrogen-bond donors (Lipinski definition) is 1. The van der Waals surface area contributed by atoms with Gasteiger partial charge in [0.15, 0.2) is 5.78 Å². The SMILES string of the molecule is O=C1CN(C2CC2)Cc2cc(O)ccc21. The van der Waals surface area contributed by atoms with E-state index in [4.69, 9.17) is 0 Å². The Kier molecular flexibility index (Phi) is 1.83. The molecule has 1 aromatic rings. The molecule has 0 atom stereocenters. The van der Waals surface area contributed by atoms with Crippen LogP contribution >= 0.6 is 0 Å². The van der Waals surface area contributed by atoms with Gasteiger partial charge in [0.05, 0.1) is 6.54 Å². The van der Waals surface area contributed by atoms with Gasteiger partial charge in [-0.15, -0.1) is 0 Å². The van der Waals surface area contributed by atoms with E-state index in [0.717, 1.165) is 17.7 Å². The monoisotopic (exact) mass is 203 g/mol. The summed E-state index contributed by atoms with van der Waals surface area (Å²) in [6.45, 7) is 1.35. The Bertz CT molecular complexity index is 424. The van der Waals surface area contributed by atoms with Gasteiger partial charge < -0.3 is 5.11 Å². The Balaban J connectivity index is 1.97. The smallest absolute Gasteiger partial charge is 0.177 e. The molecule has 0 spiro atoms. The van der Waals surface area contributed by atoms with Crippen LogP contribution in [0.1, 0.15) is 28.8 Å². The summed E-state index contributed by atoms with van der Waals surface area (Å²) >= 11 is 0. The van der Waals surface area contributed by atoms with Gasteiger partial charge in [-0.3, -0.25) is 9.69 Å².